The van der Waals surface area contributed by atoms with Crippen molar-refractivity contribution in [1.82, 2.24) is 10.2 Å². The van der Waals surface area contributed by atoms with Gasteiger partial charge >= 0.3 is 0 Å². The predicted octanol–water partition coefficient (Wildman–Crippen LogP) is 1.27. The van der Waals surface area contributed by atoms with Crippen molar-refractivity contribution < 1.29 is 9.53 Å². The zero-order chi connectivity index (χ0) is 13.2. The third kappa shape index (κ3) is 5.29. The maximum atomic E-state index is 12.0. The average Bonchev–Trinajstić information content (AvgIpc) is 2.42. The lowest BCUT2D eigenvalue weighted by atomic mass is 10.2. The molecule has 100 valence electrons. The smallest absolute Gasteiger partial charge is 0.236 e. The molecule has 0 saturated carbocycles. The molecule has 0 bridgehead atoms. The van der Waals surface area contributed by atoms with E-state index in [4.69, 9.17) is 4.74 Å². The average molecular weight is 250 g/mol. The van der Waals surface area contributed by atoms with Crippen molar-refractivity contribution in [3.8, 4) is 0 Å². The monoisotopic (exact) mass is 250 g/mol. The molecule has 0 fully saturated rings. The van der Waals surface area contributed by atoms with Crippen LogP contribution in [-0.4, -0.2) is 44.2 Å². The number of nitrogens with one attached hydrogen (secondary N) is 1. The number of methoxy groups -OCH3 is 1. The van der Waals surface area contributed by atoms with Gasteiger partial charge in [-0.25, -0.2) is 0 Å². The maximum Gasteiger partial charge on any atom is 0.236 e. The molecule has 18 heavy (non-hydrogen) atoms. The van der Waals surface area contributed by atoms with Gasteiger partial charge in [-0.1, -0.05) is 37.3 Å². The predicted molar refractivity (Wildman–Crippen MR) is 72.3 cm³/mol. The van der Waals surface area contributed by atoms with E-state index < -0.39 is 0 Å². The first-order chi connectivity index (χ1) is 8.77. The number of ether oxygens (including phenoxy) is 1. The highest BCUT2D eigenvalue weighted by Gasteiger charge is 2.12. The van der Waals surface area contributed by atoms with Gasteiger partial charge < -0.3 is 15.0 Å². The zero-order valence-corrected chi connectivity index (χ0v) is 11.2. The van der Waals surface area contributed by atoms with Gasteiger partial charge in [-0.3, -0.25) is 4.79 Å². The van der Waals surface area contributed by atoms with Gasteiger partial charge in [-0.05, 0) is 12.1 Å². The highest BCUT2D eigenvalue weighted by molar-refractivity contribution is 5.78. The molecular weight excluding hydrogens is 228 g/mol. The zero-order valence-electron chi connectivity index (χ0n) is 11.2. The van der Waals surface area contributed by atoms with Crippen LogP contribution in [0.15, 0.2) is 30.3 Å². The van der Waals surface area contributed by atoms with E-state index in [-0.39, 0.29) is 5.91 Å². The van der Waals surface area contributed by atoms with Crippen LogP contribution in [0.1, 0.15) is 12.5 Å². The standard InChI is InChI=1S/C14H22N2O2/c1-3-15-11-14(17)16(9-10-18-2)12-13-7-5-4-6-8-13/h4-8,15H,3,9-12H2,1-2H3. The van der Waals surface area contributed by atoms with Crippen LogP contribution in [0.3, 0.4) is 0 Å². The molecule has 0 atom stereocenters. The second-order valence-corrected chi connectivity index (χ2v) is 4.07. The van der Waals surface area contributed by atoms with Crippen molar-refractivity contribution in [2.45, 2.75) is 13.5 Å². The van der Waals surface area contributed by atoms with Gasteiger partial charge in [0.05, 0.1) is 13.2 Å². The summed E-state index contributed by atoms with van der Waals surface area (Å²) in [6, 6.07) is 10.0. The number of rotatable bonds is 8. The van der Waals surface area contributed by atoms with Crippen molar-refractivity contribution >= 4 is 5.91 Å². The molecule has 0 heterocycles. The molecule has 1 amide bonds. The molecule has 0 aliphatic rings. The van der Waals surface area contributed by atoms with Crippen LogP contribution in [0.4, 0.5) is 0 Å². The van der Waals surface area contributed by atoms with Crippen LogP contribution < -0.4 is 5.32 Å². The summed E-state index contributed by atoms with van der Waals surface area (Å²) in [5.74, 6) is 0.109. The summed E-state index contributed by atoms with van der Waals surface area (Å²) in [5, 5.41) is 3.06. The molecule has 4 nitrogen and oxygen atoms in total. The number of hydrogen-bond donors (Lipinski definition) is 1. The number of amides is 1. The Morgan fingerprint density at radius 1 is 1.33 bits per heavy atom. The Labute approximate surface area is 109 Å². The van der Waals surface area contributed by atoms with Crippen LogP contribution in [-0.2, 0) is 16.1 Å². The van der Waals surface area contributed by atoms with Gasteiger partial charge in [0.15, 0.2) is 0 Å². The van der Waals surface area contributed by atoms with Gasteiger partial charge in [-0.2, -0.15) is 0 Å². The summed E-state index contributed by atoms with van der Waals surface area (Å²) in [7, 11) is 1.65. The van der Waals surface area contributed by atoms with Gasteiger partial charge in [0.2, 0.25) is 5.91 Å². The first kappa shape index (κ1) is 14.7. The van der Waals surface area contributed by atoms with Crippen molar-refractivity contribution in [2.75, 3.05) is 33.4 Å². The fourth-order valence-electron chi connectivity index (χ4n) is 1.64. The molecule has 0 aliphatic carbocycles. The van der Waals surface area contributed by atoms with Gasteiger partial charge in [0, 0.05) is 20.2 Å². The molecule has 1 aromatic carbocycles. The molecule has 0 aliphatic heterocycles. The van der Waals surface area contributed by atoms with E-state index in [2.05, 4.69) is 5.32 Å². The quantitative estimate of drug-likeness (QED) is 0.755. The Kier molecular flexibility index (Phi) is 7.06. The largest absolute Gasteiger partial charge is 0.383 e. The Morgan fingerprint density at radius 3 is 2.67 bits per heavy atom. The van der Waals surface area contributed by atoms with Crippen LogP contribution in [0.2, 0.25) is 0 Å². The first-order valence-electron chi connectivity index (χ1n) is 6.29. The number of hydrogen-bond acceptors (Lipinski definition) is 3. The number of likely N-dealkylation sites (N-methyl/N-ethyl adjacent to an activating group) is 1. The fraction of sp³-hybridized carbons (Fsp3) is 0.500. The number of nitrogens with zero attached hydrogens (tertiary/aromatic N) is 1. The highest BCUT2D eigenvalue weighted by Crippen LogP contribution is 2.04. The maximum absolute atomic E-state index is 12.0. The molecule has 0 saturated heterocycles. The molecule has 0 aromatic heterocycles. The lowest BCUT2D eigenvalue weighted by Crippen LogP contribution is -2.39. The van der Waals surface area contributed by atoms with Crippen LogP contribution in [0, 0.1) is 0 Å². The molecule has 1 N–H and O–H groups in total. The van der Waals surface area contributed by atoms with Crippen molar-refractivity contribution in [2.24, 2.45) is 0 Å². The SMILES string of the molecule is CCNCC(=O)N(CCOC)Cc1ccccc1. The summed E-state index contributed by atoms with van der Waals surface area (Å²) in [6.07, 6.45) is 0. The second-order valence-electron chi connectivity index (χ2n) is 4.07. The van der Waals surface area contributed by atoms with Gasteiger partial charge in [0.25, 0.3) is 0 Å². The van der Waals surface area contributed by atoms with E-state index in [0.717, 1.165) is 12.1 Å². The van der Waals surface area contributed by atoms with E-state index in [0.29, 0.717) is 26.2 Å². The van der Waals surface area contributed by atoms with Crippen molar-refractivity contribution in [3.05, 3.63) is 35.9 Å². The number of carbonyl (C=O) groups excluding carboxylic acids is 1. The minimum Gasteiger partial charge on any atom is -0.383 e. The molecule has 0 radical (unpaired) electrons. The molecule has 0 spiro atoms. The highest BCUT2D eigenvalue weighted by atomic mass is 16.5. The Hall–Kier alpha value is -1.39. The first-order valence-corrected chi connectivity index (χ1v) is 6.29. The lowest BCUT2D eigenvalue weighted by Gasteiger charge is -2.22. The van der Waals surface area contributed by atoms with E-state index in [9.17, 15) is 4.79 Å². The summed E-state index contributed by atoms with van der Waals surface area (Å²) in [4.78, 5) is 13.8. The third-order valence-electron chi connectivity index (χ3n) is 2.66. The Balaban J connectivity index is 2.57. The van der Waals surface area contributed by atoms with Crippen molar-refractivity contribution in [3.63, 3.8) is 0 Å². The summed E-state index contributed by atoms with van der Waals surface area (Å²) in [5.41, 5.74) is 1.14. The summed E-state index contributed by atoms with van der Waals surface area (Å²) < 4.78 is 5.05. The van der Waals surface area contributed by atoms with Crippen LogP contribution in [0.5, 0.6) is 0 Å². The summed E-state index contributed by atoms with van der Waals surface area (Å²) in [6.45, 7) is 4.99. The lowest BCUT2D eigenvalue weighted by molar-refractivity contribution is -0.131. The van der Waals surface area contributed by atoms with E-state index in [1.54, 1.807) is 7.11 Å². The second kappa shape index (κ2) is 8.66. The molecule has 4 heteroatoms. The van der Waals surface area contributed by atoms with Crippen LogP contribution >= 0.6 is 0 Å². The van der Waals surface area contributed by atoms with E-state index >= 15 is 0 Å². The normalized spacial score (nSPS) is 10.3. The molecule has 0 unspecified atom stereocenters. The van der Waals surface area contributed by atoms with Crippen molar-refractivity contribution in [1.29, 1.82) is 0 Å². The van der Waals surface area contributed by atoms with Crippen LogP contribution in [0.25, 0.3) is 0 Å². The van der Waals surface area contributed by atoms with E-state index in [1.807, 2.05) is 42.2 Å². The fourth-order valence-corrected chi connectivity index (χ4v) is 1.64. The minimum absolute atomic E-state index is 0.109. The number of benzene rings is 1. The third-order valence-corrected chi connectivity index (χ3v) is 2.66. The number of carbonyl (C=O) groups is 1. The van der Waals surface area contributed by atoms with Gasteiger partial charge in [-0.15, -0.1) is 0 Å². The molecule has 1 rings (SSSR count). The molecular formula is C14H22N2O2. The summed E-state index contributed by atoms with van der Waals surface area (Å²) >= 11 is 0. The molecule has 1 aromatic rings. The minimum atomic E-state index is 0.109. The van der Waals surface area contributed by atoms with Gasteiger partial charge in [0.1, 0.15) is 0 Å². The Morgan fingerprint density at radius 2 is 2.06 bits per heavy atom. The van der Waals surface area contributed by atoms with E-state index in [1.165, 1.54) is 0 Å². The topological polar surface area (TPSA) is 41.6 Å². The Bertz CT molecular complexity index is 341.